The molecule has 0 aliphatic carbocycles. The Balaban J connectivity index is 1.39. The van der Waals surface area contributed by atoms with Gasteiger partial charge in [-0.15, -0.1) is 0 Å². The molecule has 0 fully saturated rings. The van der Waals surface area contributed by atoms with E-state index in [0.717, 1.165) is 45.4 Å². The predicted molar refractivity (Wildman–Crippen MR) is 145 cm³/mol. The Bertz CT molecular complexity index is 1320. The normalized spacial score (nSPS) is 15.3. The fourth-order valence-electron chi connectivity index (χ4n) is 4.06. The Morgan fingerprint density at radius 3 is 2.31 bits per heavy atom. The molecule has 1 aliphatic rings. The van der Waals surface area contributed by atoms with E-state index in [2.05, 4.69) is 39.8 Å². The average Bonchev–Trinajstić information content (AvgIpc) is 3.36. The molecule has 0 saturated carbocycles. The summed E-state index contributed by atoms with van der Waals surface area (Å²) in [6, 6.07) is 34.3. The highest BCUT2D eigenvalue weighted by Gasteiger charge is 2.30. The number of halogens is 1. The Hall–Kier alpha value is -4.09. The number of rotatable bonds is 7. The monoisotopic (exact) mass is 480 g/mol. The van der Waals surface area contributed by atoms with Gasteiger partial charge in [0.1, 0.15) is 5.75 Å². The van der Waals surface area contributed by atoms with Crippen LogP contribution in [-0.4, -0.2) is 19.0 Å². The number of benzene rings is 4. The van der Waals surface area contributed by atoms with Gasteiger partial charge in [-0.2, -0.15) is 10.2 Å². The lowest BCUT2D eigenvalue weighted by Gasteiger charge is -2.24. The molecule has 4 aromatic rings. The Morgan fingerprint density at radius 2 is 1.63 bits per heavy atom. The fourth-order valence-corrected chi connectivity index (χ4v) is 4.18. The van der Waals surface area contributed by atoms with Crippen molar-refractivity contribution in [3.05, 3.63) is 125 Å². The van der Waals surface area contributed by atoms with E-state index in [9.17, 15) is 0 Å². The van der Waals surface area contributed by atoms with E-state index in [4.69, 9.17) is 21.4 Å². The second-order valence-electron chi connectivity index (χ2n) is 8.22. The quantitative estimate of drug-likeness (QED) is 0.226. The molecule has 174 valence electrons. The lowest BCUT2D eigenvalue weighted by molar-refractivity contribution is 0.414. The van der Waals surface area contributed by atoms with Gasteiger partial charge in [-0.25, -0.2) is 0 Å². The Morgan fingerprint density at radius 1 is 0.914 bits per heavy atom. The number of nitrogens with zero attached hydrogens (tertiary/aromatic N) is 3. The second kappa shape index (κ2) is 10.5. The van der Waals surface area contributed by atoms with Crippen LogP contribution < -0.4 is 15.2 Å². The van der Waals surface area contributed by atoms with Crippen LogP contribution in [0, 0.1) is 0 Å². The van der Waals surface area contributed by atoms with E-state index in [1.165, 1.54) is 5.56 Å². The highest BCUT2D eigenvalue weighted by Crippen LogP contribution is 2.37. The van der Waals surface area contributed by atoms with Gasteiger partial charge < -0.3 is 4.74 Å². The SMILES string of the molecule is COc1ccc(C2CC(c3ccc(Cl)cc3)=NN2c2ccc(C=NNc3ccccc3)cc2)cc1. The molecule has 1 aliphatic heterocycles. The van der Waals surface area contributed by atoms with Crippen molar-refractivity contribution in [2.45, 2.75) is 12.5 Å². The minimum Gasteiger partial charge on any atom is -0.497 e. The molecule has 1 atom stereocenters. The summed E-state index contributed by atoms with van der Waals surface area (Å²) in [4.78, 5) is 0. The molecular formula is C29H25ClN4O. The number of methoxy groups -OCH3 is 1. The van der Waals surface area contributed by atoms with E-state index < -0.39 is 0 Å². The van der Waals surface area contributed by atoms with Gasteiger partial charge in [-0.1, -0.05) is 66.2 Å². The number of hydrazone groups is 2. The second-order valence-corrected chi connectivity index (χ2v) is 8.66. The summed E-state index contributed by atoms with van der Waals surface area (Å²) >= 11 is 6.10. The van der Waals surface area contributed by atoms with Crippen molar-refractivity contribution in [2.24, 2.45) is 10.2 Å². The molecule has 0 bridgehead atoms. The first kappa shape index (κ1) is 22.7. The van der Waals surface area contributed by atoms with Crippen molar-refractivity contribution < 1.29 is 4.74 Å². The third kappa shape index (κ3) is 5.36. The molecule has 0 spiro atoms. The lowest BCUT2D eigenvalue weighted by Crippen LogP contribution is -2.18. The van der Waals surface area contributed by atoms with Crippen LogP contribution in [0.1, 0.15) is 29.2 Å². The van der Waals surface area contributed by atoms with Gasteiger partial charge in [-0.3, -0.25) is 10.4 Å². The smallest absolute Gasteiger partial charge is 0.118 e. The van der Waals surface area contributed by atoms with E-state index in [1.54, 1.807) is 7.11 Å². The topological polar surface area (TPSA) is 49.2 Å². The molecule has 0 saturated heterocycles. The minimum atomic E-state index is 0.0749. The maximum atomic E-state index is 6.10. The third-order valence-electron chi connectivity index (χ3n) is 5.93. The number of hydrogen-bond acceptors (Lipinski definition) is 5. The van der Waals surface area contributed by atoms with Crippen LogP contribution in [-0.2, 0) is 0 Å². The highest BCUT2D eigenvalue weighted by molar-refractivity contribution is 6.30. The van der Waals surface area contributed by atoms with Crippen LogP contribution in [0.5, 0.6) is 5.75 Å². The number of nitrogens with one attached hydrogen (secondary N) is 1. The molecule has 0 amide bonds. The molecule has 5 rings (SSSR count). The molecule has 35 heavy (non-hydrogen) atoms. The number of para-hydroxylation sites is 1. The maximum Gasteiger partial charge on any atom is 0.118 e. The van der Waals surface area contributed by atoms with Crippen LogP contribution in [0.25, 0.3) is 0 Å². The summed E-state index contributed by atoms with van der Waals surface area (Å²) in [6.07, 6.45) is 2.60. The summed E-state index contributed by atoms with van der Waals surface area (Å²) in [5.74, 6) is 0.838. The van der Waals surface area contributed by atoms with Crippen molar-refractivity contribution in [3.63, 3.8) is 0 Å². The number of ether oxygens (including phenoxy) is 1. The summed E-state index contributed by atoms with van der Waals surface area (Å²) < 4.78 is 5.35. The Kier molecular flexibility index (Phi) is 6.77. The van der Waals surface area contributed by atoms with Crippen LogP contribution in [0.15, 0.2) is 113 Å². The summed E-state index contributed by atoms with van der Waals surface area (Å²) in [6.45, 7) is 0. The molecule has 1 heterocycles. The van der Waals surface area contributed by atoms with Gasteiger partial charge in [-0.05, 0) is 65.2 Å². The van der Waals surface area contributed by atoms with Crippen LogP contribution >= 0.6 is 11.6 Å². The van der Waals surface area contributed by atoms with Crippen LogP contribution in [0.2, 0.25) is 5.02 Å². The van der Waals surface area contributed by atoms with E-state index in [-0.39, 0.29) is 6.04 Å². The molecule has 0 aromatic heterocycles. The molecule has 0 radical (unpaired) electrons. The number of hydrogen-bond donors (Lipinski definition) is 1. The van der Waals surface area contributed by atoms with Gasteiger partial charge in [0.15, 0.2) is 0 Å². The number of anilines is 2. The molecular weight excluding hydrogens is 456 g/mol. The van der Waals surface area contributed by atoms with Crippen molar-refractivity contribution in [1.29, 1.82) is 0 Å². The third-order valence-corrected chi connectivity index (χ3v) is 6.18. The zero-order valence-electron chi connectivity index (χ0n) is 19.3. The summed E-state index contributed by atoms with van der Waals surface area (Å²) in [7, 11) is 1.68. The van der Waals surface area contributed by atoms with E-state index >= 15 is 0 Å². The average molecular weight is 481 g/mol. The zero-order valence-corrected chi connectivity index (χ0v) is 20.1. The Labute approximate surface area is 210 Å². The summed E-state index contributed by atoms with van der Waals surface area (Å²) in [5, 5.41) is 12.2. The van der Waals surface area contributed by atoms with Gasteiger partial charge in [0.25, 0.3) is 0 Å². The molecule has 4 aromatic carbocycles. The van der Waals surface area contributed by atoms with E-state index in [0.29, 0.717) is 0 Å². The van der Waals surface area contributed by atoms with Crippen LogP contribution in [0.3, 0.4) is 0 Å². The standard InChI is InChI=1S/C29H25ClN4O/c1-35-27-17-11-23(12-18-27)29-19-28(22-9-13-24(30)14-10-22)33-34(29)26-15-7-21(8-16-26)20-31-32-25-5-3-2-4-6-25/h2-18,20,29,32H,19H2,1H3. The highest BCUT2D eigenvalue weighted by atomic mass is 35.5. The molecule has 1 unspecified atom stereocenters. The predicted octanol–water partition coefficient (Wildman–Crippen LogP) is 7.15. The molecule has 6 heteroatoms. The van der Waals surface area contributed by atoms with Gasteiger partial charge in [0.05, 0.1) is 36.5 Å². The first-order chi connectivity index (χ1) is 17.2. The summed E-state index contributed by atoms with van der Waals surface area (Å²) in [5.41, 5.74) is 9.29. The van der Waals surface area contributed by atoms with Gasteiger partial charge in [0, 0.05) is 11.4 Å². The van der Waals surface area contributed by atoms with Crippen molar-refractivity contribution in [2.75, 3.05) is 17.5 Å². The molecule has 5 nitrogen and oxygen atoms in total. The maximum absolute atomic E-state index is 6.10. The van der Waals surface area contributed by atoms with Crippen molar-refractivity contribution in [1.82, 2.24) is 0 Å². The lowest BCUT2D eigenvalue weighted by atomic mass is 9.98. The minimum absolute atomic E-state index is 0.0749. The zero-order chi connectivity index (χ0) is 24.0. The first-order valence-corrected chi connectivity index (χ1v) is 11.8. The van der Waals surface area contributed by atoms with Crippen molar-refractivity contribution >= 4 is 34.9 Å². The first-order valence-electron chi connectivity index (χ1n) is 11.4. The van der Waals surface area contributed by atoms with Crippen LogP contribution in [0.4, 0.5) is 11.4 Å². The van der Waals surface area contributed by atoms with Gasteiger partial charge in [0.2, 0.25) is 0 Å². The van der Waals surface area contributed by atoms with Crippen molar-refractivity contribution in [3.8, 4) is 5.75 Å². The van der Waals surface area contributed by atoms with E-state index in [1.807, 2.05) is 85.1 Å². The fraction of sp³-hybridized carbons (Fsp3) is 0.103. The molecule has 1 N–H and O–H groups in total. The largest absolute Gasteiger partial charge is 0.497 e. The van der Waals surface area contributed by atoms with Gasteiger partial charge >= 0.3 is 0 Å².